The molecular weight excluding hydrogens is 599 g/mol. The lowest BCUT2D eigenvalue weighted by molar-refractivity contribution is -0.136. The molecule has 0 aliphatic carbocycles. The maximum Gasteiger partial charge on any atom is 0.329 e. The first-order chi connectivity index (χ1) is 18.2. The molecule has 0 fully saturated rings. The van der Waals surface area contributed by atoms with E-state index in [-0.39, 0.29) is 12.5 Å². The molecule has 10 heteroatoms. The van der Waals surface area contributed by atoms with Crippen molar-refractivity contribution in [2.45, 2.75) is 27.2 Å². The Morgan fingerprint density at radius 1 is 0.974 bits per heavy atom. The molecule has 3 aromatic rings. The predicted molar refractivity (Wildman–Crippen MR) is 156 cm³/mol. The minimum absolute atomic E-state index is 0.207. The first-order valence-corrected chi connectivity index (χ1v) is 12.9. The molecule has 9 nitrogen and oxygen atoms in total. The van der Waals surface area contributed by atoms with Crippen molar-refractivity contribution in [1.29, 1.82) is 0 Å². The lowest BCUT2D eigenvalue weighted by Crippen LogP contribution is -2.32. The number of ether oxygens (including phenoxy) is 2. The minimum Gasteiger partial charge on any atom is -0.493 e. The average molecular weight is 628 g/mol. The zero-order valence-electron chi connectivity index (χ0n) is 21.6. The summed E-state index contributed by atoms with van der Waals surface area (Å²) in [6, 6.07) is 16.6. The zero-order valence-corrected chi connectivity index (χ0v) is 23.7. The SMILES string of the molecule is CCc1ccc(NC(=O)COc2c(I)cc(/C=N\NC(=O)C(=O)Nc3c(C)cccc3C)cc2OC)cc1. The number of rotatable bonds is 9. The molecule has 0 aromatic heterocycles. The molecule has 0 radical (unpaired) electrons. The Bertz CT molecular complexity index is 1340. The second-order valence-corrected chi connectivity index (χ2v) is 9.50. The van der Waals surface area contributed by atoms with Gasteiger partial charge >= 0.3 is 11.8 Å². The minimum atomic E-state index is -0.902. The highest BCUT2D eigenvalue weighted by atomic mass is 127. The van der Waals surface area contributed by atoms with E-state index in [1.165, 1.54) is 18.9 Å². The molecule has 0 aliphatic rings. The number of aryl methyl sites for hydroxylation is 3. The molecule has 0 atom stereocenters. The van der Waals surface area contributed by atoms with Gasteiger partial charge in [0.05, 0.1) is 16.9 Å². The van der Waals surface area contributed by atoms with Crippen LogP contribution in [0.5, 0.6) is 11.5 Å². The van der Waals surface area contributed by atoms with Gasteiger partial charge in [-0.15, -0.1) is 0 Å². The number of nitrogens with zero attached hydrogens (tertiary/aromatic N) is 1. The summed E-state index contributed by atoms with van der Waals surface area (Å²) < 4.78 is 11.8. The van der Waals surface area contributed by atoms with E-state index in [0.29, 0.717) is 32.0 Å². The summed E-state index contributed by atoms with van der Waals surface area (Å²) in [7, 11) is 1.48. The van der Waals surface area contributed by atoms with Crippen molar-refractivity contribution in [3.63, 3.8) is 0 Å². The summed E-state index contributed by atoms with van der Waals surface area (Å²) in [5.74, 6) is -1.24. The first kappa shape index (κ1) is 28.6. The molecular formula is C28H29IN4O5. The van der Waals surface area contributed by atoms with Crippen molar-refractivity contribution in [2.24, 2.45) is 5.10 Å². The number of nitrogens with one attached hydrogen (secondary N) is 3. The van der Waals surface area contributed by atoms with Gasteiger partial charge in [0.25, 0.3) is 5.91 Å². The third kappa shape index (κ3) is 7.78. The molecule has 0 saturated carbocycles. The van der Waals surface area contributed by atoms with Gasteiger partial charge in [-0.2, -0.15) is 5.10 Å². The van der Waals surface area contributed by atoms with E-state index in [0.717, 1.165) is 17.5 Å². The van der Waals surface area contributed by atoms with E-state index < -0.39 is 11.8 Å². The molecule has 3 N–H and O–H groups in total. The molecule has 38 heavy (non-hydrogen) atoms. The zero-order chi connectivity index (χ0) is 27.7. The Labute approximate surface area is 235 Å². The van der Waals surface area contributed by atoms with Crippen LogP contribution in [0.25, 0.3) is 0 Å². The largest absolute Gasteiger partial charge is 0.493 e. The Morgan fingerprint density at radius 3 is 2.29 bits per heavy atom. The van der Waals surface area contributed by atoms with E-state index in [2.05, 4.69) is 50.7 Å². The maximum absolute atomic E-state index is 12.4. The molecule has 0 heterocycles. The molecule has 0 saturated heterocycles. The Balaban J connectivity index is 1.58. The van der Waals surface area contributed by atoms with Crippen LogP contribution in [0.1, 0.15) is 29.2 Å². The second kappa shape index (κ2) is 13.6. The van der Waals surface area contributed by atoms with Crippen molar-refractivity contribution < 1.29 is 23.9 Å². The van der Waals surface area contributed by atoms with Crippen LogP contribution in [0.4, 0.5) is 11.4 Å². The number of halogens is 1. The molecule has 3 aromatic carbocycles. The van der Waals surface area contributed by atoms with Gasteiger partial charge in [0.2, 0.25) is 0 Å². The highest BCUT2D eigenvalue weighted by molar-refractivity contribution is 14.1. The summed E-state index contributed by atoms with van der Waals surface area (Å²) in [6.45, 7) is 5.55. The van der Waals surface area contributed by atoms with E-state index in [4.69, 9.17) is 9.47 Å². The number of para-hydroxylation sites is 1. The van der Waals surface area contributed by atoms with E-state index in [9.17, 15) is 14.4 Å². The summed E-state index contributed by atoms with van der Waals surface area (Å²) >= 11 is 2.06. The van der Waals surface area contributed by atoms with Gasteiger partial charge in [0.15, 0.2) is 18.1 Å². The molecule has 0 bridgehead atoms. The van der Waals surface area contributed by atoms with Crippen molar-refractivity contribution in [1.82, 2.24) is 5.43 Å². The topological polar surface area (TPSA) is 118 Å². The number of amides is 3. The van der Waals surface area contributed by atoms with Crippen molar-refractivity contribution in [3.8, 4) is 11.5 Å². The van der Waals surface area contributed by atoms with Crippen LogP contribution in [0.2, 0.25) is 0 Å². The lowest BCUT2D eigenvalue weighted by Gasteiger charge is -2.13. The van der Waals surface area contributed by atoms with Crippen molar-refractivity contribution in [2.75, 3.05) is 24.4 Å². The molecule has 3 rings (SSSR count). The Morgan fingerprint density at radius 2 is 1.66 bits per heavy atom. The van der Waals surface area contributed by atoms with Crippen LogP contribution >= 0.6 is 22.6 Å². The summed E-state index contributed by atoms with van der Waals surface area (Å²) in [5, 5.41) is 9.29. The highest BCUT2D eigenvalue weighted by Crippen LogP contribution is 2.33. The van der Waals surface area contributed by atoms with Crippen LogP contribution in [0.15, 0.2) is 59.7 Å². The molecule has 0 unspecified atom stereocenters. The summed E-state index contributed by atoms with van der Waals surface area (Å²) in [4.78, 5) is 36.8. The third-order valence-corrected chi connectivity index (χ3v) is 6.35. The van der Waals surface area contributed by atoms with Crippen molar-refractivity contribution in [3.05, 3.63) is 80.4 Å². The van der Waals surface area contributed by atoms with E-state index >= 15 is 0 Å². The molecule has 3 amide bonds. The Hall–Kier alpha value is -3.93. The van der Waals surface area contributed by atoms with Crippen LogP contribution < -0.4 is 25.5 Å². The standard InChI is InChI=1S/C28H29IN4O5/c1-5-19-9-11-21(12-10-19)31-24(34)16-38-26-22(29)13-20(14-23(26)37-4)15-30-33-28(36)27(35)32-25-17(2)7-6-8-18(25)3/h6-15H,5,16H2,1-4H3,(H,31,34)(H,32,35)(H,33,36)/b30-15-. The van der Waals surface area contributed by atoms with Gasteiger partial charge in [-0.05, 0) is 89.4 Å². The average Bonchev–Trinajstić information content (AvgIpc) is 2.90. The summed E-state index contributed by atoms with van der Waals surface area (Å²) in [6.07, 6.45) is 2.30. The van der Waals surface area contributed by atoms with Gasteiger partial charge < -0.3 is 20.1 Å². The van der Waals surface area contributed by atoms with Gasteiger partial charge in [-0.3, -0.25) is 14.4 Å². The van der Waals surface area contributed by atoms with E-state index in [1.54, 1.807) is 12.1 Å². The van der Waals surface area contributed by atoms with Gasteiger partial charge in [0, 0.05) is 11.4 Å². The fourth-order valence-electron chi connectivity index (χ4n) is 3.51. The molecule has 198 valence electrons. The lowest BCUT2D eigenvalue weighted by atomic mass is 10.1. The number of carbonyl (C=O) groups excluding carboxylic acids is 3. The van der Waals surface area contributed by atoms with Gasteiger partial charge in [-0.25, -0.2) is 5.43 Å². The highest BCUT2D eigenvalue weighted by Gasteiger charge is 2.16. The maximum atomic E-state index is 12.4. The number of carbonyl (C=O) groups is 3. The quantitative estimate of drug-likeness (QED) is 0.139. The number of hydrogen-bond acceptors (Lipinski definition) is 6. The third-order valence-electron chi connectivity index (χ3n) is 5.55. The number of anilines is 2. The molecule has 0 aliphatic heterocycles. The second-order valence-electron chi connectivity index (χ2n) is 8.34. The van der Waals surface area contributed by atoms with E-state index in [1.807, 2.05) is 56.3 Å². The van der Waals surface area contributed by atoms with Crippen LogP contribution in [0.3, 0.4) is 0 Å². The predicted octanol–water partition coefficient (Wildman–Crippen LogP) is 4.59. The first-order valence-electron chi connectivity index (χ1n) is 11.8. The normalized spacial score (nSPS) is 10.7. The molecule has 0 spiro atoms. The summed E-state index contributed by atoms with van der Waals surface area (Å²) in [5.41, 5.74) is 6.98. The smallest absolute Gasteiger partial charge is 0.329 e. The van der Waals surface area contributed by atoms with Gasteiger partial charge in [-0.1, -0.05) is 37.3 Å². The fraction of sp³-hybridized carbons (Fsp3) is 0.214. The number of hydrogen-bond donors (Lipinski definition) is 3. The fourth-order valence-corrected chi connectivity index (χ4v) is 4.29. The van der Waals surface area contributed by atoms with Crippen LogP contribution in [0, 0.1) is 17.4 Å². The number of benzene rings is 3. The monoisotopic (exact) mass is 628 g/mol. The Kier molecular flexibility index (Phi) is 10.2. The van der Waals surface area contributed by atoms with Gasteiger partial charge in [0.1, 0.15) is 0 Å². The van der Waals surface area contributed by atoms with Crippen LogP contribution in [-0.2, 0) is 20.8 Å². The van der Waals surface area contributed by atoms with Crippen molar-refractivity contribution >= 4 is 57.9 Å². The number of hydrazone groups is 1. The van der Waals surface area contributed by atoms with Crippen LogP contribution in [-0.4, -0.2) is 37.7 Å². The number of methoxy groups -OCH3 is 1.